The molecule has 29 heavy (non-hydrogen) atoms. The van der Waals surface area contributed by atoms with Crippen LogP contribution in [0.4, 0.5) is 0 Å². The zero-order valence-electron chi connectivity index (χ0n) is 16.1. The second-order valence-electron chi connectivity index (χ2n) is 6.12. The Labute approximate surface area is 173 Å². The summed E-state index contributed by atoms with van der Waals surface area (Å²) in [4.78, 5) is 37.5. The van der Waals surface area contributed by atoms with Crippen molar-refractivity contribution in [1.82, 2.24) is 0 Å². The molecule has 11 heteroatoms. The topological polar surface area (TPSA) is 137 Å². The molecule has 0 aromatic heterocycles. The van der Waals surface area contributed by atoms with Crippen LogP contribution in [0.5, 0.6) is 0 Å². The molecule has 5 atom stereocenters. The molecule has 10 nitrogen and oxygen atoms in total. The summed E-state index contributed by atoms with van der Waals surface area (Å²) in [5, 5.41) is 3.14. The Morgan fingerprint density at radius 1 is 1.07 bits per heavy atom. The number of benzene rings is 1. The predicted octanol–water partition coefficient (Wildman–Crippen LogP) is 0.846. The summed E-state index contributed by atoms with van der Waals surface area (Å²) in [7, 11) is 0. The molecule has 0 unspecified atom stereocenters. The number of nitrogens with zero attached hydrogens (tertiary/aromatic N) is 3. The van der Waals surface area contributed by atoms with Gasteiger partial charge in [0.15, 0.2) is 0 Å². The van der Waals surface area contributed by atoms with Crippen LogP contribution in [0.1, 0.15) is 20.8 Å². The molecule has 1 fully saturated rings. The van der Waals surface area contributed by atoms with Crippen molar-refractivity contribution in [2.45, 2.75) is 50.1 Å². The molecule has 0 spiro atoms. The molecule has 1 heterocycles. The molecule has 0 amide bonds. The van der Waals surface area contributed by atoms with Crippen molar-refractivity contribution in [2.24, 2.45) is 5.11 Å². The Hall–Kier alpha value is -2.58. The molecular weight excluding hydrogens is 449 g/mol. The van der Waals surface area contributed by atoms with Gasteiger partial charge in [-0.1, -0.05) is 0 Å². The van der Waals surface area contributed by atoms with Gasteiger partial charge >= 0.3 is 173 Å². The SMILES string of the molecule is CC(=O)OC[C@H]1O[C@H]([Se]c2ccccc2)[C@@H](N=[N+]=[N-])[C@@H](OC(C)=O)[C@@H]1OC(C)=O. The Bertz CT molecular complexity index is 785. The molecule has 1 aliphatic rings. The summed E-state index contributed by atoms with van der Waals surface area (Å²) in [6, 6.07) is 8.47. The molecule has 0 saturated carbocycles. The second-order valence-corrected chi connectivity index (χ2v) is 8.58. The minimum atomic E-state index is -1.10. The molecule has 1 aromatic rings. The van der Waals surface area contributed by atoms with E-state index in [0.29, 0.717) is 0 Å². The van der Waals surface area contributed by atoms with Crippen LogP contribution < -0.4 is 4.46 Å². The molecular formula is C18H21N3O7Se. The van der Waals surface area contributed by atoms with Crippen molar-refractivity contribution < 1.29 is 33.3 Å². The van der Waals surface area contributed by atoms with Crippen LogP contribution in [-0.2, 0) is 33.3 Å². The number of hydrogen-bond acceptors (Lipinski definition) is 8. The van der Waals surface area contributed by atoms with Gasteiger partial charge in [0.25, 0.3) is 0 Å². The van der Waals surface area contributed by atoms with E-state index in [2.05, 4.69) is 10.0 Å². The quantitative estimate of drug-likeness (QED) is 0.144. The first kappa shape index (κ1) is 22.7. The molecule has 156 valence electrons. The van der Waals surface area contributed by atoms with Crippen molar-refractivity contribution in [2.75, 3.05) is 6.61 Å². The van der Waals surface area contributed by atoms with E-state index >= 15 is 0 Å². The van der Waals surface area contributed by atoms with E-state index in [0.717, 1.165) is 4.46 Å². The normalized spacial score (nSPS) is 26.0. The number of azide groups is 1. The fourth-order valence-electron chi connectivity index (χ4n) is 2.80. The van der Waals surface area contributed by atoms with Gasteiger partial charge in [0, 0.05) is 0 Å². The molecule has 2 rings (SSSR count). The zero-order valence-corrected chi connectivity index (χ0v) is 17.8. The van der Waals surface area contributed by atoms with Gasteiger partial charge in [0.1, 0.15) is 0 Å². The summed E-state index contributed by atoms with van der Waals surface area (Å²) in [5.41, 5.74) is 9.06. The van der Waals surface area contributed by atoms with Crippen LogP contribution in [-0.4, -0.2) is 68.8 Å². The molecule has 0 aliphatic carbocycles. The third-order valence-corrected chi connectivity index (χ3v) is 6.30. The first-order valence-corrected chi connectivity index (χ1v) is 10.6. The molecule has 0 radical (unpaired) electrons. The van der Waals surface area contributed by atoms with E-state index in [1.807, 2.05) is 30.3 Å². The molecule has 1 saturated heterocycles. The molecule has 1 aromatic carbocycles. The maximum absolute atomic E-state index is 11.7. The van der Waals surface area contributed by atoms with Gasteiger partial charge in [0.2, 0.25) is 0 Å². The van der Waals surface area contributed by atoms with Gasteiger partial charge in [-0.05, 0) is 0 Å². The maximum atomic E-state index is 11.7. The first-order chi connectivity index (χ1) is 13.8. The minimum absolute atomic E-state index is 0.213. The third-order valence-electron chi connectivity index (χ3n) is 3.85. The third kappa shape index (κ3) is 6.76. The van der Waals surface area contributed by atoms with Crippen LogP contribution in [0.2, 0.25) is 0 Å². The summed E-state index contributed by atoms with van der Waals surface area (Å²) in [6.07, 6.45) is -3.08. The number of carbonyl (C=O) groups excluding carboxylic acids is 3. The Morgan fingerprint density at radius 2 is 1.69 bits per heavy atom. The Balaban J connectivity index is 2.41. The van der Waals surface area contributed by atoms with E-state index in [1.165, 1.54) is 20.8 Å². The summed E-state index contributed by atoms with van der Waals surface area (Å²) < 4.78 is 22.8. The fourth-order valence-corrected chi connectivity index (χ4v) is 5.17. The number of ether oxygens (including phenoxy) is 4. The number of carbonyl (C=O) groups is 3. The Kier molecular flexibility index (Phi) is 8.48. The van der Waals surface area contributed by atoms with Crippen LogP contribution in [0.15, 0.2) is 35.4 Å². The molecule has 1 aliphatic heterocycles. The van der Waals surface area contributed by atoms with Gasteiger partial charge in [-0.25, -0.2) is 0 Å². The van der Waals surface area contributed by atoms with E-state index < -0.39 is 47.3 Å². The average molecular weight is 470 g/mol. The van der Waals surface area contributed by atoms with Crippen LogP contribution in [0.25, 0.3) is 10.4 Å². The fraction of sp³-hybridized carbons (Fsp3) is 0.500. The van der Waals surface area contributed by atoms with Crippen LogP contribution >= 0.6 is 0 Å². The zero-order chi connectivity index (χ0) is 21.4. The van der Waals surface area contributed by atoms with Crippen molar-refractivity contribution in [1.29, 1.82) is 0 Å². The number of rotatable bonds is 7. The van der Waals surface area contributed by atoms with E-state index in [9.17, 15) is 14.4 Å². The van der Waals surface area contributed by atoms with E-state index in [-0.39, 0.29) is 21.6 Å². The van der Waals surface area contributed by atoms with E-state index in [1.54, 1.807) is 0 Å². The van der Waals surface area contributed by atoms with Crippen molar-refractivity contribution in [3.05, 3.63) is 40.8 Å². The van der Waals surface area contributed by atoms with Gasteiger partial charge < -0.3 is 0 Å². The predicted molar refractivity (Wildman–Crippen MR) is 101 cm³/mol. The van der Waals surface area contributed by atoms with Crippen LogP contribution in [0.3, 0.4) is 0 Å². The van der Waals surface area contributed by atoms with Crippen LogP contribution in [0, 0.1) is 0 Å². The van der Waals surface area contributed by atoms with Gasteiger partial charge in [-0.15, -0.1) is 0 Å². The van der Waals surface area contributed by atoms with Crippen molar-refractivity contribution in [3.63, 3.8) is 0 Å². The average Bonchev–Trinajstić information content (AvgIpc) is 2.65. The summed E-state index contributed by atoms with van der Waals surface area (Å²) in [5.74, 6) is -1.82. The number of esters is 3. The van der Waals surface area contributed by atoms with Crippen molar-refractivity contribution >= 4 is 37.3 Å². The van der Waals surface area contributed by atoms with Gasteiger partial charge in [0.05, 0.1) is 0 Å². The second kappa shape index (κ2) is 10.8. The monoisotopic (exact) mass is 471 g/mol. The van der Waals surface area contributed by atoms with Gasteiger partial charge in [-0.2, -0.15) is 0 Å². The van der Waals surface area contributed by atoms with E-state index in [4.69, 9.17) is 24.5 Å². The molecule has 0 bridgehead atoms. The first-order valence-electron chi connectivity index (χ1n) is 8.71. The van der Waals surface area contributed by atoms with Gasteiger partial charge in [-0.3, -0.25) is 0 Å². The molecule has 0 N–H and O–H groups in total. The Morgan fingerprint density at radius 3 is 2.24 bits per heavy atom. The van der Waals surface area contributed by atoms with Crippen molar-refractivity contribution in [3.8, 4) is 0 Å². The standard InChI is InChI=1S/C18H21N3O7Se/c1-10(22)25-9-14-16(26-11(2)23)17(27-12(3)24)15(20-21-19)18(28-14)29-13-7-5-4-6-8-13/h4-8,14-18H,9H2,1-3H3/t14-,15+,16-,17-,18-/m1/s1. The summed E-state index contributed by atoms with van der Waals surface area (Å²) >= 11 is -0.339. The summed E-state index contributed by atoms with van der Waals surface area (Å²) in [6.45, 7) is 3.42. The number of hydrogen-bond donors (Lipinski definition) is 0.